The Morgan fingerprint density at radius 3 is 2.73 bits per heavy atom. The number of carbonyl (C=O) groups is 2. The normalized spacial score (nSPS) is 12.7. The number of carbonyl (C=O) groups excluding carboxylic acids is 1. The maximum atomic E-state index is 11.1. The third kappa shape index (κ3) is 2.68. The first-order valence-electron chi connectivity index (χ1n) is 4.91. The van der Waals surface area contributed by atoms with Gasteiger partial charge in [-0.15, -0.1) is 0 Å². The van der Waals surface area contributed by atoms with Crippen molar-refractivity contribution in [3.63, 3.8) is 0 Å². The van der Waals surface area contributed by atoms with Gasteiger partial charge in [-0.25, -0.2) is 4.79 Å². The predicted octanol–water partition coefficient (Wildman–Crippen LogP) is 1.97. The number of aldehydes is 1. The summed E-state index contributed by atoms with van der Waals surface area (Å²) in [5.74, 6) is -0.629. The minimum Gasteiger partial charge on any atom is -0.480 e. The minimum absolute atomic E-state index is 0.271. The van der Waals surface area contributed by atoms with Crippen LogP contribution in [-0.4, -0.2) is 21.9 Å². The Morgan fingerprint density at radius 2 is 2.27 bits per heavy atom. The van der Waals surface area contributed by atoms with Crippen molar-refractivity contribution < 1.29 is 14.7 Å². The van der Waals surface area contributed by atoms with E-state index in [-0.39, 0.29) is 5.92 Å². The Bertz CT molecular complexity index is 354. The molecule has 1 aromatic rings. The molecule has 1 atom stereocenters. The number of aromatic nitrogens is 1. The molecule has 0 amide bonds. The molecule has 0 spiro atoms. The van der Waals surface area contributed by atoms with E-state index in [1.807, 2.05) is 13.8 Å². The SMILES string of the molecule is CC(C)C[C@@H](C(=O)O)n1cccc1C=O. The van der Waals surface area contributed by atoms with Crippen molar-refractivity contribution in [2.45, 2.75) is 26.3 Å². The molecule has 0 saturated heterocycles. The van der Waals surface area contributed by atoms with E-state index in [1.54, 1.807) is 18.3 Å². The molecule has 0 aliphatic heterocycles. The monoisotopic (exact) mass is 209 g/mol. The van der Waals surface area contributed by atoms with Crippen LogP contribution in [0, 0.1) is 5.92 Å². The lowest BCUT2D eigenvalue weighted by molar-refractivity contribution is -0.141. The van der Waals surface area contributed by atoms with E-state index in [1.165, 1.54) is 4.57 Å². The van der Waals surface area contributed by atoms with Crippen molar-refractivity contribution in [2.75, 3.05) is 0 Å². The average molecular weight is 209 g/mol. The molecule has 0 aromatic carbocycles. The molecule has 1 aromatic heterocycles. The largest absolute Gasteiger partial charge is 0.480 e. The topological polar surface area (TPSA) is 59.3 Å². The molecule has 0 bridgehead atoms. The van der Waals surface area contributed by atoms with Gasteiger partial charge in [-0.3, -0.25) is 4.79 Å². The van der Waals surface area contributed by atoms with Crippen LogP contribution < -0.4 is 0 Å². The Balaban J connectivity index is 2.98. The number of nitrogens with zero attached hydrogens (tertiary/aromatic N) is 1. The van der Waals surface area contributed by atoms with Gasteiger partial charge in [0, 0.05) is 6.20 Å². The molecule has 0 aliphatic carbocycles. The summed E-state index contributed by atoms with van der Waals surface area (Å²) >= 11 is 0. The first-order valence-corrected chi connectivity index (χ1v) is 4.91. The van der Waals surface area contributed by atoms with Gasteiger partial charge in [-0.1, -0.05) is 13.8 Å². The van der Waals surface area contributed by atoms with Crippen molar-refractivity contribution in [2.24, 2.45) is 5.92 Å². The van der Waals surface area contributed by atoms with Gasteiger partial charge >= 0.3 is 5.97 Å². The van der Waals surface area contributed by atoms with Crippen LogP contribution in [-0.2, 0) is 4.79 Å². The summed E-state index contributed by atoms with van der Waals surface area (Å²) in [6.45, 7) is 3.92. The van der Waals surface area contributed by atoms with Crippen LogP contribution in [0.3, 0.4) is 0 Å². The average Bonchev–Trinajstić information content (AvgIpc) is 2.60. The molecule has 15 heavy (non-hydrogen) atoms. The third-order valence-corrected chi connectivity index (χ3v) is 2.25. The van der Waals surface area contributed by atoms with E-state index in [2.05, 4.69) is 0 Å². The molecule has 0 saturated carbocycles. The molecule has 0 aliphatic rings. The van der Waals surface area contributed by atoms with Crippen LogP contribution in [0.1, 0.15) is 36.8 Å². The minimum atomic E-state index is -0.900. The number of hydrogen-bond donors (Lipinski definition) is 1. The van der Waals surface area contributed by atoms with Crippen molar-refractivity contribution in [1.29, 1.82) is 0 Å². The van der Waals surface area contributed by atoms with Gasteiger partial charge in [0.25, 0.3) is 0 Å². The third-order valence-electron chi connectivity index (χ3n) is 2.25. The van der Waals surface area contributed by atoms with Crippen LogP contribution in [0.4, 0.5) is 0 Å². The standard InChI is InChI=1S/C11H15NO3/c1-8(2)6-10(11(14)15)12-5-3-4-9(12)7-13/h3-5,7-8,10H,6H2,1-2H3,(H,14,15)/t10-/m0/s1. The summed E-state index contributed by atoms with van der Waals surface area (Å²) in [6, 6.07) is 2.64. The van der Waals surface area contributed by atoms with E-state index in [9.17, 15) is 9.59 Å². The number of aliphatic carboxylic acids is 1. The second kappa shape index (κ2) is 4.77. The lowest BCUT2D eigenvalue weighted by Crippen LogP contribution is -2.21. The molecule has 1 rings (SSSR count). The van der Waals surface area contributed by atoms with Crippen LogP contribution in [0.15, 0.2) is 18.3 Å². The lowest BCUT2D eigenvalue weighted by atomic mass is 10.0. The number of carboxylic acids is 1. The summed E-state index contributed by atoms with van der Waals surface area (Å²) in [6.07, 6.45) is 2.83. The van der Waals surface area contributed by atoms with E-state index in [0.29, 0.717) is 18.4 Å². The smallest absolute Gasteiger partial charge is 0.326 e. The molecular weight excluding hydrogens is 194 g/mol. The van der Waals surface area contributed by atoms with E-state index in [4.69, 9.17) is 5.11 Å². The summed E-state index contributed by atoms with van der Waals surface area (Å²) in [4.78, 5) is 21.8. The van der Waals surface area contributed by atoms with Gasteiger partial charge in [0.1, 0.15) is 6.04 Å². The maximum absolute atomic E-state index is 11.1. The molecule has 82 valence electrons. The quantitative estimate of drug-likeness (QED) is 0.754. The molecule has 0 unspecified atom stereocenters. The fourth-order valence-corrected chi connectivity index (χ4v) is 1.57. The summed E-state index contributed by atoms with van der Waals surface area (Å²) in [7, 11) is 0. The first kappa shape index (κ1) is 11.5. The summed E-state index contributed by atoms with van der Waals surface area (Å²) in [5.41, 5.74) is 0.406. The second-order valence-corrected chi connectivity index (χ2v) is 3.94. The van der Waals surface area contributed by atoms with Crippen molar-refractivity contribution in [1.82, 2.24) is 4.57 Å². The van der Waals surface area contributed by atoms with E-state index >= 15 is 0 Å². The number of hydrogen-bond acceptors (Lipinski definition) is 2. The Morgan fingerprint density at radius 1 is 1.60 bits per heavy atom. The Kier molecular flexibility index (Phi) is 3.66. The molecule has 4 heteroatoms. The van der Waals surface area contributed by atoms with Gasteiger partial charge in [0.2, 0.25) is 0 Å². The van der Waals surface area contributed by atoms with Gasteiger partial charge in [0.15, 0.2) is 6.29 Å². The highest BCUT2D eigenvalue weighted by Crippen LogP contribution is 2.19. The lowest BCUT2D eigenvalue weighted by Gasteiger charge is -2.17. The molecule has 1 heterocycles. The van der Waals surface area contributed by atoms with E-state index < -0.39 is 12.0 Å². The Labute approximate surface area is 88.5 Å². The maximum Gasteiger partial charge on any atom is 0.326 e. The van der Waals surface area contributed by atoms with Crippen LogP contribution in [0.2, 0.25) is 0 Å². The summed E-state index contributed by atoms with van der Waals surface area (Å²) < 4.78 is 1.51. The molecule has 1 N–H and O–H groups in total. The number of carboxylic acid groups (broad SMARTS) is 1. The number of rotatable bonds is 5. The van der Waals surface area contributed by atoms with E-state index in [0.717, 1.165) is 0 Å². The Hall–Kier alpha value is -1.58. The van der Waals surface area contributed by atoms with Crippen LogP contribution >= 0.6 is 0 Å². The molecule has 0 fully saturated rings. The second-order valence-electron chi connectivity index (χ2n) is 3.94. The molecular formula is C11H15NO3. The zero-order chi connectivity index (χ0) is 11.4. The van der Waals surface area contributed by atoms with Gasteiger partial charge in [-0.05, 0) is 24.5 Å². The van der Waals surface area contributed by atoms with Crippen molar-refractivity contribution in [3.05, 3.63) is 24.0 Å². The zero-order valence-electron chi connectivity index (χ0n) is 8.88. The highest BCUT2D eigenvalue weighted by Gasteiger charge is 2.21. The highest BCUT2D eigenvalue weighted by molar-refractivity contribution is 5.76. The van der Waals surface area contributed by atoms with Crippen molar-refractivity contribution >= 4 is 12.3 Å². The van der Waals surface area contributed by atoms with Gasteiger partial charge in [-0.2, -0.15) is 0 Å². The van der Waals surface area contributed by atoms with Gasteiger partial charge in [0.05, 0.1) is 5.69 Å². The fraction of sp³-hybridized carbons (Fsp3) is 0.455. The van der Waals surface area contributed by atoms with Crippen LogP contribution in [0.25, 0.3) is 0 Å². The van der Waals surface area contributed by atoms with Crippen molar-refractivity contribution in [3.8, 4) is 0 Å². The summed E-state index contributed by atoms with van der Waals surface area (Å²) in [5, 5.41) is 9.08. The molecule has 4 nitrogen and oxygen atoms in total. The predicted molar refractivity (Wildman–Crippen MR) is 55.9 cm³/mol. The fourth-order valence-electron chi connectivity index (χ4n) is 1.57. The van der Waals surface area contributed by atoms with Gasteiger partial charge < -0.3 is 9.67 Å². The molecule has 0 radical (unpaired) electrons. The van der Waals surface area contributed by atoms with Crippen LogP contribution in [0.5, 0.6) is 0 Å². The first-order chi connectivity index (χ1) is 7.06. The zero-order valence-corrected chi connectivity index (χ0v) is 8.88. The highest BCUT2D eigenvalue weighted by atomic mass is 16.4.